The predicted molar refractivity (Wildman–Crippen MR) is 137 cm³/mol. The van der Waals surface area contributed by atoms with E-state index in [0.717, 1.165) is 22.1 Å². The number of Topliss-reactive ketones (excluding diaryl/α,β-unsaturated/α-hetero) is 1. The van der Waals surface area contributed by atoms with Crippen LogP contribution in [0.3, 0.4) is 0 Å². The van der Waals surface area contributed by atoms with Crippen LogP contribution >= 0.6 is 11.6 Å². The highest BCUT2D eigenvalue weighted by Gasteiger charge is 2.48. The predicted octanol–water partition coefficient (Wildman–Crippen LogP) is 5.12. The zero-order valence-electron chi connectivity index (χ0n) is 19.9. The number of nitro groups is 1. The molecule has 3 aromatic rings. The first kappa shape index (κ1) is 25.3. The summed E-state index contributed by atoms with van der Waals surface area (Å²) in [7, 11) is 0. The van der Waals surface area contributed by atoms with Gasteiger partial charge in [-0.1, -0.05) is 54.1 Å². The van der Waals surface area contributed by atoms with Crippen LogP contribution in [-0.4, -0.2) is 45.0 Å². The SMILES string of the molecule is O=C(c1ccc(-c2ccc(Cl)cc2)cc1)C1CCC(CN2C(=O)c3cccc([N+](=O)[O-])c3C2=O)C1C(=O)O. The van der Waals surface area contributed by atoms with Crippen LogP contribution in [0.4, 0.5) is 5.69 Å². The van der Waals surface area contributed by atoms with E-state index in [0.29, 0.717) is 17.0 Å². The first-order valence-corrected chi connectivity index (χ1v) is 12.3. The van der Waals surface area contributed by atoms with E-state index >= 15 is 0 Å². The van der Waals surface area contributed by atoms with Crippen molar-refractivity contribution in [3.8, 4) is 11.1 Å². The van der Waals surface area contributed by atoms with Gasteiger partial charge in [0.05, 0.1) is 16.4 Å². The van der Waals surface area contributed by atoms with Crippen LogP contribution in [0, 0.1) is 27.9 Å². The Bertz CT molecular complexity index is 1480. The molecule has 38 heavy (non-hydrogen) atoms. The number of halogens is 1. The third-order valence-electron chi connectivity index (χ3n) is 7.35. The molecule has 3 aromatic carbocycles. The maximum atomic E-state index is 13.4. The third-order valence-corrected chi connectivity index (χ3v) is 7.60. The van der Waals surface area contributed by atoms with Crippen LogP contribution in [0.15, 0.2) is 66.7 Å². The van der Waals surface area contributed by atoms with Crippen molar-refractivity contribution in [1.82, 2.24) is 4.90 Å². The molecule has 192 valence electrons. The van der Waals surface area contributed by atoms with Gasteiger partial charge in [0.1, 0.15) is 5.56 Å². The number of rotatable bonds is 7. The minimum Gasteiger partial charge on any atom is -0.481 e. The number of amides is 2. The van der Waals surface area contributed by atoms with E-state index in [-0.39, 0.29) is 29.9 Å². The molecule has 0 spiro atoms. The average molecular weight is 533 g/mol. The van der Waals surface area contributed by atoms with Gasteiger partial charge in [-0.2, -0.15) is 0 Å². The van der Waals surface area contributed by atoms with E-state index < -0.39 is 46.1 Å². The Labute approximate surface area is 221 Å². The topological polar surface area (TPSA) is 135 Å². The maximum Gasteiger partial charge on any atom is 0.307 e. The molecule has 1 saturated carbocycles. The van der Waals surface area contributed by atoms with E-state index in [1.807, 2.05) is 12.1 Å². The number of carbonyl (C=O) groups excluding carboxylic acids is 3. The summed E-state index contributed by atoms with van der Waals surface area (Å²) in [6.07, 6.45) is 0.592. The Morgan fingerprint density at radius 1 is 0.947 bits per heavy atom. The summed E-state index contributed by atoms with van der Waals surface area (Å²) >= 11 is 5.94. The Morgan fingerprint density at radius 2 is 1.58 bits per heavy atom. The molecule has 3 atom stereocenters. The van der Waals surface area contributed by atoms with Crippen molar-refractivity contribution in [2.45, 2.75) is 12.8 Å². The standard InChI is InChI=1S/C28H21ClN2O7/c29-19-11-8-16(9-12-19)15-4-6-17(7-5-15)25(32)20-13-10-18(23(20)28(35)36)14-30-26(33)21-2-1-3-22(31(37)38)24(21)27(30)34/h1-9,11-12,18,20,23H,10,13-14H2,(H,35,36). The number of ketones is 1. The Kier molecular flexibility index (Phi) is 6.54. The molecule has 1 aliphatic heterocycles. The lowest BCUT2D eigenvalue weighted by molar-refractivity contribution is -0.385. The minimum atomic E-state index is -1.19. The molecule has 1 heterocycles. The lowest BCUT2D eigenvalue weighted by Crippen LogP contribution is -2.39. The Morgan fingerprint density at radius 3 is 2.18 bits per heavy atom. The van der Waals surface area contributed by atoms with Gasteiger partial charge in [-0.15, -0.1) is 0 Å². The molecule has 0 radical (unpaired) electrons. The quantitative estimate of drug-likeness (QED) is 0.193. The molecule has 9 nitrogen and oxygen atoms in total. The van der Waals surface area contributed by atoms with Crippen molar-refractivity contribution in [2.24, 2.45) is 17.8 Å². The van der Waals surface area contributed by atoms with Crippen molar-refractivity contribution in [1.29, 1.82) is 0 Å². The smallest absolute Gasteiger partial charge is 0.307 e. The van der Waals surface area contributed by atoms with E-state index in [9.17, 15) is 34.4 Å². The second kappa shape index (κ2) is 9.83. The largest absolute Gasteiger partial charge is 0.481 e. The monoisotopic (exact) mass is 532 g/mol. The summed E-state index contributed by atoms with van der Waals surface area (Å²) in [4.78, 5) is 63.1. The molecule has 2 amide bonds. The second-order valence-corrected chi connectivity index (χ2v) is 9.87. The van der Waals surface area contributed by atoms with Crippen molar-refractivity contribution >= 4 is 40.9 Å². The fourth-order valence-electron chi connectivity index (χ4n) is 5.51. The van der Waals surface area contributed by atoms with Gasteiger partial charge in [0.25, 0.3) is 17.5 Å². The summed E-state index contributed by atoms with van der Waals surface area (Å²) in [5, 5.41) is 22.0. The normalized spacial score (nSPS) is 20.4. The number of benzene rings is 3. The molecule has 1 aliphatic carbocycles. The molecule has 2 aliphatic rings. The molecule has 1 fully saturated rings. The fraction of sp³-hybridized carbons (Fsp3) is 0.214. The number of carboxylic acid groups (broad SMARTS) is 1. The van der Waals surface area contributed by atoms with E-state index in [1.54, 1.807) is 36.4 Å². The van der Waals surface area contributed by atoms with Crippen molar-refractivity contribution in [3.05, 3.63) is 98.6 Å². The Balaban J connectivity index is 1.35. The maximum absolute atomic E-state index is 13.4. The van der Waals surface area contributed by atoms with Crippen LogP contribution in [0.25, 0.3) is 11.1 Å². The highest BCUT2D eigenvalue weighted by Crippen LogP contribution is 2.41. The molecule has 0 aromatic heterocycles. The van der Waals surface area contributed by atoms with Crippen molar-refractivity contribution in [2.75, 3.05) is 6.54 Å². The van der Waals surface area contributed by atoms with Gasteiger partial charge in [0.15, 0.2) is 5.78 Å². The summed E-state index contributed by atoms with van der Waals surface area (Å²) in [6.45, 7) is -0.236. The van der Waals surface area contributed by atoms with Crippen LogP contribution < -0.4 is 0 Å². The van der Waals surface area contributed by atoms with Gasteiger partial charge in [0.2, 0.25) is 0 Å². The number of aliphatic carboxylic acids is 1. The molecule has 10 heteroatoms. The van der Waals surface area contributed by atoms with Crippen LogP contribution in [0.5, 0.6) is 0 Å². The van der Waals surface area contributed by atoms with Gasteiger partial charge in [-0.3, -0.25) is 34.2 Å². The van der Waals surface area contributed by atoms with Gasteiger partial charge < -0.3 is 5.11 Å². The molecular weight excluding hydrogens is 512 g/mol. The highest BCUT2D eigenvalue weighted by molar-refractivity contribution is 6.30. The zero-order chi connectivity index (χ0) is 27.1. The number of hydrogen-bond acceptors (Lipinski definition) is 6. The molecule has 3 unspecified atom stereocenters. The molecule has 0 bridgehead atoms. The first-order valence-electron chi connectivity index (χ1n) is 11.9. The van der Waals surface area contributed by atoms with Crippen molar-refractivity contribution < 1.29 is 29.2 Å². The number of nitro benzene ring substituents is 1. The number of carboxylic acids is 1. The molecule has 5 rings (SSSR count). The molecule has 0 saturated heterocycles. The summed E-state index contributed by atoms with van der Waals surface area (Å²) in [6, 6.07) is 17.9. The lowest BCUT2D eigenvalue weighted by Gasteiger charge is -2.24. The number of fused-ring (bicyclic) bond motifs is 1. The first-order chi connectivity index (χ1) is 18.2. The zero-order valence-corrected chi connectivity index (χ0v) is 20.6. The minimum absolute atomic E-state index is 0.0810. The third kappa shape index (κ3) is 4.35. The van der Waals surface area contributed by atoms with E-state index in [1.165, 1.54) is 12.1 Å². The van der Waals surface area contributed by atoms with Crippen molar-refractivity contribution in [3.63, 3.8) is 0 Å². The van der Waals surface area contributed by atoms with E-state index in [2.05, 4.69) is 0 Å². The van der Waals surface area contributed by atoms with Crippen LogP contribution in [0.2, 0.25) is 5.02 Å². The molecule has 1 N–H and O–H groups in total. The fourth-order valence-corrected chi connectivity index (χ4v) is 5.63. The van der Waals surface area contributed by atoms with Crippen LogP contribution in [0.1, 0.15) is 43.9 Å². The second-order valence-electron chi connectivity index (χ2n) is 9.43. The lowest BCUT2D eigenvalue weighted by atomic mass is 9.84. The highest BCUT2D eigenvalue weighted by atomic mass is 35.5. The average Bonchev–Trinajstić information content (AvgIpc) is 3.44. The summed E-state index contributed by atoms with van der Waals surface area (Å²) < 4.78 is 0. The number of imide groups is 1. The number of nitrogens with zero attached hydrogens (tertiary/aromatic N) is 2. The number of hydrogen-bond donors (Lipinski definition) is 1. The Hall–Kier alpha value is -4.37. The van der Waals surface area contributed by atoms with Gasteiger partial charge in [-0.05, 0) is 48.1 Å². The summed E-state index contributed by atoms with van der Waals surface area (Å²) in [5.74, 6) is -5.65. The number of carbonyl (C=O) groups is 4. The van der Waals surface area contributed by atoms with Gasteiger partial charge in [0, 0.05) is 29.1 Å². The van der Waals surface area contributed by atoms with Gasteiger partial charge >= 0.3 is 5.97 Å². The van der Waals surface area contributed by atoms with E-state index in [4.69, 9.17) is 11.6 Å². The molecular formula is C28H21ClN2O7. The van der Waals surface area contributed by atoms with Crippen LogP contribution in [-0.2, 0) is 4.79 Å². The van der Waals surface area contributed by atoms with Gasteiger partial charge in [-0.25, -0.2) is 0 Å². The summed E-state index contributed by atoms with van der Waals surface area (Å²) in [5.41, 5.74) is 1.31.